The van der Waals surface area contributed by atoms with E-state index >= 15 is 0 Å². The van der Waals surface area contributed by atoms with Crippen LogP contribution in [0, 0.1) is 0 Å². The van der Waals surface area contributed by atoms with Gasteiger partial charge in [-0.3, -0.25) is 14.4 Å². The van der Waals surface area contributed by atoms with Crippen LogP contribution in [0.3, 0.4) is 0 Å². The number of carbonyl (C=O) groups is 2. The summed E-state index contributed by atoms with van der Waals surface area (Å²) in [6.07, 6.45) is 0.883. The molecule has 2 atom stereocenters. The minimum Gasteiger partial charge on any atom is -0.351 e. The normalized spacial score (nSPS) is 27.3. The monoisotopic (exact) mass is 354 g/mol. The number of ether oxygens (including phenoxy) is 1. The van der Waals surface area contributed by atoms with E-state index in [9.17, 15) is 14.4 Å². The average molecular weight is 354 g/mol. The van der Waals surface area contributed by atoms with E-state index in [-0.39, 0.29) is 35.5 Å². The third kappa shape index (κ3) is 1.82. The molecular formula is C18H18N4O4. The number of hydrogen-bond donors (Lipinski definition) is 0. The Kier molecular flexibility index (Phi) is 3.06. The van der Waals surface area contributed by atoms with Crippen molar-refractivity contribution in [2.24, 2.45) is 7.05 Å². The third-order valence-corrected chi connectivity index (χ3v) is 5.82. The minimum atomic E-state index is -0.677. The summed E-state index contributed by atoms with van der Waals surface area (Å²) in [5.41, 5.74) is -0.677. The summed E-state index contributed by atoms with van der Waals surface area (Å²) in [5.74, 6) is -0.230. The van der Waals surface area contributed by atoms with Crippen LogP contribution < -0.4 is 5.56 Å². The van der Waals surface area contributed by atoms with Crippen LogP contribution in [0.1, 0.15) is 23.3 Å². The van der Waals surface area contributed by atoms with Crippen LogP contribution in [-0.4, -0.2) is 62.9 Å². The highest BCUT2D eigenvalue weighted by Crippen LogP contribution is 2.46. The highest BCUT2D eigenvalue weighted by molar-refractivity contribution is 6.05. The molecule has 8 heteroatoms. The molecule has 0 unspecified atom stereocenters. The van der Waals surface area contributed by atoms with Gasteiger partial charge in [0.2, 0.25) is 5.91 Å². The largest absolute Gasteiger partial charge is 0.351 e. The second kappa shape index (κ2) is 5.14. The molecule has 4 heterocycles. The van der Waals surface area contributed by atoms with Crippen LogP contribution in [0.25, 0.3) is 10.8 Å². The molecule has 0 bridgehead atoms. The molecule has 1 aromatic heterocycles. The lowest BCUT2D eigenvalue weighted by atomic mass is 10.1. The zero-order chi connectivity index (χ0) is 18.1. The number of amides is 2. The highest BCUT2D eigenvalue weighted by Gasteiger charge is 2.63. The molecule has 5 rings (SSSR count). The molecule has 3 aliphatic heterocycles. The van der Waals surface area contributed by atoms with E-state index in [4.69, 9.17) is 4.74 Å². The first-order valence-electron chi connectivity index (χ1n) is 8.74. The van der Waals surface area contributed by atoms with Crippen LogP contribution in [0.5, 0.6) is 0 Å². The molecule has 134 valence electrons. The van der Waals surface area contributed by atoms with Gasteiger partial charge >= 0.3 is 0 Å². The Labute approximate surface area is 148 Å². The van der Waals surface area contributed by atoms with Gasteiger partial charge in [0.05, 0.1) is 24.5 Å². The first-order valence-corrected chi connectivity index (χ1v) is 8.74. The van der Waals surface area contributed by atoms with Crippen molar-refractivity contribution in [3.05, 3.63) is 40.3 Å². The van der Waals surface area contributed by atoms with Crippen molar-refractivity contribution in [2.75, 3.05) is 19.7 Å². The van der Waals surface area contributed by atoms with Crippen molar-refractivity contribution in [1.29, 1.82) is 0 Å². The number of carbonyl (C=O) groups excluding carboxylic acids is 2. The molecule has 26 heavy (non-hydrogen) atoms. The second-order valence-corrected chi connectivity index (χ2v) is 7.03. The lowest BCUT2D eigenvalue weighted by molar-refractivity contribution is -0.136. The van der Waals surface area contributed by atoms with Gasteiger partial charge in [-0.25, -0.2) is 4.68 Å². The molecule has 8 nitrogen and oxygen atoms in total. The maximum absolute atomic E-state index is 13.3. The molecule has 3 aliphatic rings. The Morgan fingerprint density at radius 1 is 1.23 bits per heavy atom. The third-order valence-electron chi connectivity index (χ3n) is 5.82. The fourth-order valence-corrected chi connectivity index (χ4v) is 4.63. The summed E-state index contributed by atoms with van der Waals surface area (Å²) in [6.45, 7) is 1.59. The first kappa shape index (κ1) is 15.5. The predicted octanol–water partition coefficient (Wildman–Crippen LogP) is 0.107. The molecule has 1 aromatic carbocycles. The molecular weight excluding hydrogens is 336 g/mol. The summed E-state index contributed by atoms with van der Waals surface area (Å²) in [7, 11) is 1.54. The number of aryl methyl sites for hydroxylation is 1. The van der Waals surface area contributed by atoms with Gasteiger partial charge in [-0.05, 0) is 6.07 Å². The molecule has 0 N–H and O–H groups in total. The fourth-order valence-electron chi connectivity index (χ4n) is 4.63. The summed E-state index contributed by atoms with van der Waals surface area (Å²) in [4.78, 5) is 41.4. The van der Waals surface area contributed by atoms with Gasteiger partial charge < -0.3 is 14.5 Å². The van der Waals surface area contributed by atoms with Gasteiger partial charge in [0.1, 0.15) is 0 Å². The molecule has 0 radical (unpaired) electrons. The standard InChI is InChI=1S/C18H18N4O4/c1-20-16(24)12-5-3-2-4-11(12)15(19-20)17(25)21-7-6-18-13(21)10-14(23)22(18)8-9-26-18/h2-5,13H,6-10H2,1H3/t13-,18+/m1/s1. The topological polar surface area (TPSA) is 84.7 Å². The summed E-state index contributed by atoms with van der Waals surface area (Å²) in [5, 5.41) is 5.23. The average Bonchev–Trinajstić information content (AvgIpc) is 3.29. The highest BCUT2D eigenvalue weighted by atomic mass is 16.5. The summed E-state index contributed by atoms with van der Waals surface area (Å²) < 4.78 is 7.14. The van der Waals surface area contributed by atoms with Crippen LogP contribution in [0.15, 0.2) is 29.1 Å². The molecule has 2 aromatic rings. The number of rotatable bonds is 1. The number of fused-ring (bicyclic) bond motifs is 1. The number of nitrogens with zero attached hydrogens (tertiary/aromatic N) is 4. The lowest BCUT2D eigenvalue weighted by Gasteiger charge is -2.31. The number of aromatic nitrogens is 2. The van der Waals surface area contributed by atoms with Gasteiger partial charge in [-0.2, -0.15) is 5.10 Å². The van der Waals surface area contributed by atoms with Gasteiger partial charge in [0.25, 0.3) is 11.5 Å². The number of benzene rings is 1. The van der Waals surface area contributed by atoms with Crippen LogP contribution >= 0.6 is 0 Å². The fraction of sp³-hybridized carbons (Fsp3) is 0.444. The molecule has 2 amide bonds. The van der Waals surface area contributed by atoms with E-state index in [0.717, 1.165) is 0 Å². The quantitative estimate of drug-likeness (QED) is 0.726. The first-order chi connectivity index (χ1) is 12.5. The Balaban J connectivity index is 1.60. The van der Waals surface area contributed by atoms with Crippen molar-refractivity contribution in [3.8, 4) is 0 Å². The van der Waals surface area contributed by atoms with E-state index < -0.39 is 5.72 Å². The second-order valence-electron chi connectivity index (χ2n) is 7.03. The molecule has 0 aliphatic carbocycles. The Morgan fingerprint density at radius 3 is 2.81 bits per heavy atom. The zero-order valence-corrected chi connectivity index (χ0v) is 14.3. The van der Waals surface area contributed by atoms with E-state index in [0.29, 0.717) is 36.9 Å². The molecule has 0 saturated carbocycles. The summed E-state index contributed by atoms with van der Waals surface area (Å²) >= 11 is 0. The maximum atomic E-state index is 13.3. The maximum Gasteiger partial charge on any atom is 0.275 e. The van der Waals surface area contributed by atoms with Gasteiger partial charge in [-0.15, -0.1) is 0 Å². The van der Waals surface area contributed by atoms with Crippen molar-refractivity contribution < 1.29 is 14.3 Å². The van der Waals surface area contributed by atoms with E-state index in [1.165, 1.54) is 11.7 Å². The van der Waals surface area contributed by atoms with Crippen molar-refractivity contribution in [3.63, 3.8) is 0 Å². The van der Waals surface area contributed by atoms with Gasteiger partial charge in [0.15, 0.2) is 11.4 Å². The number of likely N-dealkylation sites (tertiary alicyclic amines) is 1. The molecule has 3 fully saturated rings. The van der Waals surface area contributed by atoms with Crippen molar-refractivity contribution in [2.45, 2.75) is 24.6 Å². The molecule has 1 spiro atoms. The summed E-state index contributed by atoms with van der Waals surface area (Å²) in [6, 6.07) is 6.68. The van der Waals surface area contributed by atoms with E-state index in [1.54, 1.807) is 34.1 Å². The predicted molar refractivity (Wildman–Crippen MR) is 91.4 cm³/mol. The van der Waals surface area contributed by atoms with Crippen LogP contribution in [0.4, 0.5) is 0 Å². The van der Waals surface area contributed by atoms with Gasteiger partial charge in [-0.1, -0.05) is 18.2 Å². The van der Waals surface area contributed by atoms with Gasteiger partial charge in [0, 0.05) is 31.9 Å². The van der Waals surface area contributed by atoms with Crippen molar-refractivity contribution >= 4 is 22.6 Å². The van der Waals surface area contributed by atoms with Crippen LogP contribution in [-0.2, 0) is 16.6 Å². The Bertz CT molecular complexity index is 1020. The Hall–Kier alpha value is -2.74. The molecule has 3 saturated heterocycles. The Morgan fingerprint density at radius 2 is 2.00 bits per heavy atom. The number of hydrogen-bond acceptors (Lipinski definition) is 5. The van der Waals surface area contributed by atoms with Crippen LogP contribution in [0.2, 0.25) is 0 Å². The zero-order valence-electron chi connectivity index (χ0n) is 14.3. The van der Waals surface area contributed by atoms with Crippen molar-refractivity contribution in [1.82, 2.24) is 19.6 Å². The minimum absolute atomic E-state index is 0.0308. The smallest absolute Gasteiger partial charge is 0.275 e. The van der Waals surface area contributed by atoms with E-state index in [1.807, 2.05) is 0 Å². The SMILES string of the molecule is Cn1nc(C(=O)N2CC[C@@]34OCCN3C(=O)C[C@@H]24)c2ccccc2c1=O. The lowest BCUT2D eigenvalue weighted by Crippen LogP contribution is -2.49. The van der Waals surface area contributed by atoms with E-state index in [2.05, 4.69) is 5.10 Å².